The van der Waals surface area contributed by atoms with E-state index < -0.39 is 38.0 Å². The summed E-state index contributed by atoms with van der Waals surface area (Å²) in [4.78, 5) is 30.9. The fourth-order valence-electron chi connectivity index (χ4n) is 4.35. The fraction of sp³-hybridized carbons (Fsp3) is 0.308. The van der Waals surface area contributed by atoms with E-state index in [0.29, 0.717) is 0 Å². The quantitative estimate of drug-likeness (QED) is 0.220. The lowest BCUT2D eigenvalue weighted by Crippen LogP contribution is -2.48. The van der Waals surface area contributed by atoms with Gasteiger partial charge in [0, 0.05) is 26.3 Å². The van der Waals surface area contributed by atoms with Crippen molar-refractivity contribution in [2.75, 3.05) is 50.8 Å². The monoisotopic (exact) mass is 634 g/mol. The number of carbonyl (C=O) groups is 2. The summed E-state index contributed by atoms with van der Waals surface area (Å²) in [5, 5.41) is 6.83. The van der Waals surface area contributed by atoms with Crippen LogP contribution in [0.15, 0.2) is 64.6 Å². The largest absolute Gasteiger partial charge is 0.495 e. The van der Waals surface area contributed by atoms with Crippen molar-refractivity contribution >= 4 is 55.0 Å². The summed E-state index contributed by atoms with van der Waals surface area (Å²) in [5.41, 5.74) is 0.227. The molecule has 2 N–H and O–H groups in total. The average Bonchev–Trinajstić information content (AvgIpc) is 3.40. The molecular formula is C26H30N6O9S2. The van der Waals surface area contributed by atoms with Crippen LogP contribution in [-0.4, -0.2) is 89.4 Å². The van der Waals surface area contributed by atoms with Crippen molar-refractivity contribution in [1.29, 1.82) is 0 Å². The number of carbonyl (C=O) groups excluding carboxylic acids is 2. The van der Waals surface area contributed by atoms with Gasteiger partial charge in [-0.2, -0.15) is 5.10 Å². The maximum Gasteiger partial charge on any atom is 0.337 e. The molecule has 0 saturated carbocycles. The van der Waals surface area contributed by atoms with E-state index in [9.17, 15) is 26.4 Å². The molecule has 0 radical (unpaired) electrons. The minimum atomic E-state index is -4.24. The number of hydrogen-bond donors (Lipinski definition) is 2. The van der Waals surface area contributed by atoms with Crippen LogP contribution in [0.25, 0.3) is 0 Å². The number of rotatable bonds is 12. The Labute approximate surface area is 248 Å². The molecule has 1 unspecified atom stereocenters. The van der Waals surface area contributed by atoms with Gasteiger partial charge in [0.2, 0.25) is 10.0 Å². The summed E-state index contributed by atoms with van der Waals surface area (Å²) in [6.07, 6.45) is 2.40. The minimum absolute atomic E-state index is 0.0516. The van der Waals surface area contributed by atoms with Crippen LogP contribution < -0.4 is 14.8 Å². The van der Waals surface area contributed by atoms with Crippen molar-refractivity contribution in [3.8, 4) is 5.75 Å². The number of methoxy groups -OCH3 is 3. The van der Waals surface area contributed by atoms with Crippen molar-refractivity contribution in [3.05, 3.63) is 60.3 Å². The van der Waals surface area contributed by atoms with Gasteiger partial charge in [-0.05, 0) is 36.8 Å². The first-order valence-electron chi connectivity index (χ1n) is 12.7. The van der Waals surface area contributed by atoms with E-state index >= 15 is 0 Å². The fourth-order valence-corrected chi connectivity index (χ4v) is 6.52. The summed E-state index contributed by atoms with van der Waals surface area (Å²) >= 11 is 0. The molecular weight excluding hydrogens is 604 g/mol. The molecule has 1 aliphatic heterocycles. The number of hydrogen-bond acceptors (Lipinski definition) is 11. The number of sulfonamides is 2. The lowest BCUT2D eigenvalue weighted by Gasteiger charge is -2.33. The highest BCUT2D eigenvalue weighted by atomic mass is 32.2. The standard InChI is InChI=1S/C26H30N6O9S2/c1-39-15-7-14-31-24(28-18-8-5-6-9-21(18)43(31,37)38)23(32-22(12-13-27-32)30-42(4,35)36)25(33)29-19-16-17(26(34)41-3)10-11-20(19)40-2/h5-6,8-13,16,23,30H,7,14-15H2,1-4H3,(H,29,33). The van der Waals surface area contributed by atoms with Crippen LogP contribution in [0.1, 0.15) is 22.8 Å². The highest BCUT2D eigenvalue weighted by Crippen LogP contribution is 2.36. The number of nitrogens with zero attached hydrogens (tertiary/aromatic N) is 4. The van der Waals surface area contributed by atoms with E-state index in [-0.39, 0.29) is 58.8 Å². The molecule has 0 bridgehead atoms. The molecule has 3 aromatic rings. The van der Waals surface area contributed by atoms with Crippen molar-refractivity contribution in [2.24, 2.45) is 4.99 Å². The van der Waals surface area contributed by atoms with E-state index in [2.05, 4.69) is 20.1 Å². The molecule has 0 fully saturated rings. The molecule has 43 heavy (non-hydrogen) atoms. The second-order valence-corrected chi connectivity index (χ2v) is 12.8. The van der Waals surface area contributed by atoms with Crippen LogP contribution in [0.5, 0.6) is 5.75 Å². The lowest BCUT2D eigenvalue weighted by atomic mass is 10.1. The number of nitrogens with one attached hydrogen (secondary N) is 2. The average molecular weight is 635 g/mol. The van der Waals surface area contributed by atoms with Gasteiger partial charge in [-0.1, -0.05) is 12.1 Å². The SMILES string of the molecule is COCCCN1C(C(C(=O)Nc2cc(C(=O)OC)ccc2OC)n2nccc2NS(C)(=O)=O)=Nc2ccccc2S1(=O)=O. The zero-order valence-electron chi connectivity index (χ0n) is 23.7. The second kappa shape index (κ2) is 12.8. The maximum atomic E-state index is 14.2. The molecule has 4 rings (SSSR count). The zero-order chi connectivity index (χ0) is 31.4. The number of anilines is 2. The predicted octanol–water partition coefficient (Wildman–Crippen LogP) is 2.00. The maximum absolute atomic E-state index is 14.2. The number of aromatic nitrogens is 2. The first-order valence-corrected chi connectivity index (χ1v) is 16.0. The summed E-state index contributed by atoms with van der Waals surface area (Å²) in [6.45, 7) is 0.0857. The molecule has 15 nitrogen and oxygen atoms in total. The van der Waals surface area contributed by atoms with E-state index in [1.54, 1.807) is 12.1 Å². The Balaban J connectivity index is 1.92. The molecule has 0 saturated heterocycles. The van der Waals surface area contributed by atoms with Gasteiger partial charge in [-0.25, -0.2) is 31.3 Å². The second-order valence-electron chi connectivity index (χ2n) is 9.19. The molecule has 1 aromatic heterocycles. The summed E-state index contributed by atoms with van der Waals surface area (Å²) < 4.78 is 71.6. The van der Waals surface area contributed by atoms with Gasteiger partial charge in [0.05, 0.1) is 43.6 Å². The molecule has 1 amide bonds. The summed E-state index contributed by atoms with van der Waals surface area (Å²) in [7, 11) is -4.07. The van der Waals surface area contributed by atoms with Crippen molar-refractivity contribution in [1.82, 2.24) is 14.1 Å². The Morgan fingerprint density at radius 1 is 1.07 bits per heavy atom. The Kier molecular flexibility index (Phi) is 9.37. The molecule has 0 aliphatic carbocycles. The van der Waals surface area contributed by atoms with Crippen LogP contribution in [0, 0.1) is 0 Å². The number of amidine groups is 1. The summed E-state index contributed by atoms with van der Waals surface area (Å²) in [6, 6.07) is 9.90. The molecule has 2 heterocycles. The molecule has 2 aromatic carbocycles. The number of ether oxygens (including phenoxy) is 3. The third kappa shape index (κ3) is 6.79. The third-order valence-electron chi connectivity index (χ3n) is 6.21. The van der Waals surface area contributed by atoms with Crippen molar-refractivity contribution < 1.29 is 40.6 Å². The van der Waals surface area contributed by atoms with E-state index in [1.807, 2.05) is 0 Å². The molecule has 1 aliphatic rings. The first-order chi connectivity index (χ1) is 20.4. The highest BCUT2D eigenvalue weighted by molar-refractivity contribution is 7.92. The number of fused-ring (bicyclic) bond motifs is 1. The van der Waals surface area contributed by atoms with Crippen molar-refractivity contribution in [2.45, 2.75) is 17.4 Å². The number of esters is 1. The third-order valence-corrected chi connectivity index (χ3v) is 8.64. The van der Waals surface area contributed by atoms with E-state index in [1.165, 1.54) is 63.9 Å². The van der Waals surface area contributed by atoms with Gasteiger partial charge in [0.15, 0.2) is 11.9 Å². The predicted molar refractivity (Wildman–Crippen MR) is 157 cm³/mol. The Morgan fingerprint density at radius 2 is 1.81 bits per heavy atom. The van der Waals surface area contributed by atoms with Gasteiger partial charge in [-0.3, -0.25) is 13.8 Å². The zero-order valence-corrected chi connectivity index (χ0v) is 25.3. The van der Waals surface area contributed by atoms with Crippen LogP contribution >= 0.6 is 0 Å². The highest BCUT2D eigenvalue weighted by Gasteiger charge is 2.42. The molecule has 1 atom stereocenters. The number of amides is 1. The number of para-hydroxylation sites is 1. The van der Waals surface area contributed by atoms with E-state index in [4.69, 9.17) is 14.2 Å². The van der Waals surface area contributed by atoms with Gasteiger partial charge in [0.1, 0.15) is 16.5 Å². The lowest BCUT2D eigenvalue weighted by molar-refractivity contribution is -0.117. The molecule has 230 valence electrons. The Bertz CT molecular complexity index is 1770. The van der Waals surface area contributed by atoms with Gasteiger partial charge >= 0.3 is 5.97 Å². The van der Waals surface area contributed by atoms with Gasteiger partial charge < -0.3 is 19.5 Å². The number of benzene rings is 2. The van der Waals surface area contributed by atoms with Crippen molar-refractivity contribution in [3.63, 3.8) is 0 Å². The normalized spacial score (nSPS) is 14.7. The van der Waals surface area contributed by atoms with Gasteiger partial charge in [0.25, 0.3) is 15.9 Å². The molecule has 17 heteroatoms. The molecule has 0 spiro atoms. The van der Waals surface area contributed by atoms with Gasteiger partial charge in [-0.15, -0.1) is 0 Å². The minimum Gasteiger partial charge on any atom is -0.495 e. The topological polar surface area (TPSA) is 188 Å². The van der Waals surface area contributed by atoms with Crippen LogP contribution in [0.3, 0.4) is 0 Å². The van der Waals surface area contributed by atoms with E-state index in [0.717, 1.165) is 15.2 Å². The van der Waals surface area contributed by atoms with Crippen LogP contribution in [0.2, 0.25) is 0 Å². The van der Waals surface area contributed by atoms with Crippen LogP contribution in [-0.2, 0) is 34.3 Å². The van der Waals surface area contributed by atoms with Crippen LogP contribution in [0.4, 0.5) is 17.2 Å². The first kappa shape index (κ1) is 31.5. The number of aliphatic imine (C=N–C) groups is 1. The Hall–Kier alpha value is -4.48. The Morgan fingerprint density at radius 3 is 2.49 bits per heavy atom. The smallest absolute Gasteiger partial charge is 0.337 e. The summed E-state index contributed by atoms with van der Waals surface area (Å²) in [5.74, 6) is -1.75.